The Morgan fingerprint density at radius 1 is 1.30 bits per heavy atom. The first-order chi connectivity index (χ1) is 12.5. The number of hydrogen-bond donors (Lipinski definition) is 2. The van der Waals surface area contributed by atoms with Gasteiger partial charge in [0.05, 0.1) is 16.0 Å². The van der Waals surface area contributed by atoms with Gasteiger partial charge in [-0.15, -0.1) is 0 Å². The first-order valence-electron chi connectivity index (χ1n) is 8.70. The van der Waals surface area contributed by atoms with Crippen LogP contribution < -0.4 is 10.6 Å². The second-order valence-corrected chi connectivity index (χ2v) is 8.48. The monoisotopic (exact) mass is 410 g/mol. The molecule has 1 heterocycles. The molecule has 1 aromatic rings. The normalized spacial score (nSPS) is 19.6. The third-order valence-electron chi connectivity index (χ3n) is 3.86. The molecule has 1 unspecified atom stereocenters. The van der Waals surface area contributed by atoms with Gasteiger partial charge >= 0.3 is 0 Å². The van der Waals surface area contributed by atoms with E-state index in [4.69, 9.17) is 23.2 Å². The molecule has 0 bridgehead atoms. The van der Waals surface area contributed by atoms with Crippen LogP contribution >= 0.6 is 23.2 Å². The maximum atomic E-state index is 12.4. The van der Waals surface area contributed by atoms with Crippen molar-refractivity contribution < 1.29 is 9.59 Å². The highest BCUT2D eigenvalue weighted by Crippen LogP contribution is 2.35. The predicted octanol–water partition coefficient (Wildman–Crippen LogP) is 3.92. The number of guanidine groups is 1. The van der Waals surface area contributed by atoms with Gasteiger partial charge in [-0.3, -0.25) is 14.9 Å². The average Bonchev–Trinajstić information content (AvgIpc) is 2.88. The maximum Gasteiger partial charge on any atom is 0.232 e. The maximum absolute atomic E-state index is 12.4. The Balaban J connectivity index is 2.42. The van der Waals surface area contributed by atoms with Crippen LogP contribution in [0.25, 0.3) is 0 Å². The van der Waals surface area contributed by atoms with Crippen LogP contribution in [0, 0.1) is 5.41 Å². The molecule has 27 heavy (non-hydrogen) atoms. The van der Waals surface area contributed by atoms with Crippen LogP contribution in [0.3, 0.4) is 0 Å². The Morgan fingerprint density at radius 3 is 2.56 bits per heavy atom. The summed E-state index contributed by atoms with van der Waals surface area (Å²) in [7, 11) is 0. The third-order valence-corrected chi connectivity index (χ3v) is 4.69. The molecule has 0 spiro atoms. The van der Waals surface area contributed by atoms with Crippen molar-refractivity contribution >= 4 is 46.8 Å². The largest absolute Gasteiger partial charge is 0.314 e. The Hall–Kier alpha value is -1.92. The van der Waals surface area contributed by atoms with E-state index >= 15 is 0 Å². The zero-order chi connectivity index (χ0) is 20.4. The van der Waals surface area contributed by atoms with Crippen molar-refractivity contribution in [3.63, 3.8) is 0 Å². The number of halogens is 2. The quantitative estimate of drug-likeness (QED) is 0.571. The summed E-state index contributed by atoms with van der Waals surface area (Å²) in [5.41, 5.74) is 0.0966. The van der Waals surface area contributed by atoms with Crippen LogP contribution in [-0.4, -0.2) is 29.7 Å². The van der Waals surface area contributed by atoms with E-state index in [2.05, 4.69) is 20.6 Å². The molecular formula is C19H24Cl2N4O2. The molecule has 0 aromatic heterocycles. The van der Waals surface area contributed by atoms with E-state index in [1.807, 2.05) is 19.9 Å². The summed E-state index contributed by atoms with van der Waals surface area (Å²) in [5.74, 6) is -0.232. The fourth-order valence-corrected chi connectivity index (χ4v) is 2.89. The van der Waals surface area contributed by atoms with Crippen LogP contribution in [0.2, 0.25) is 10.0 Å². The molecule has 0 aliphatic carbocycles. The first-order valence-corrected chi connectivity index (χ1v) is 9.46. The highest BCUT2D eigenvalue weighted by molar-refractivity contribution is 6.42. The molecule has 1 aromatic carbocycles. The van der Waals surface area contributed by atoms with E-state index in [0.29, 0.717) is 21.4 Å². The smallest absolute Gasteiger partial charge is 0.232 e. The van der Waals surface area contributed by atoms with Crippen molar-refractivity contribution in [2.24, 2.45) is 15.4 Å². The van der Waals surface area contributed by atoms with Gasteiger partial charge in [0, 0.05) is 17.9 Å². The summed E-state index contributed by atoms with van der Waals surface area (Å²) in [5, 5.41) is 6.27. The molecule has 1 atom stereocenters. The lowest BCUT2D eigenvalue weighted by atomic mass is 9.96. The van der Waals surface area contributed by atoms with Crippen molar-refractivity contribution in [3.05, 3.63) is 33.8 Å². The highest BCUT2D eigenvalue weighted by Gasteiger charge is 2.33. The molecule has 146 valence electrons. The molecule has 8 heteroatoms. The van der Waals surface area contributed by atoms with Gasteiger partial charge in [0.2, 0.25) is 17.8 Å². The van der Waals surface area contributed by atoms with Crippen molar-refractivity contribution in [2.45, 2.75) is 53.0 Å². The molecule has 0 saturated carbocycles. The molecule has 1 fully saturated rings. The summed E-state index contributed by atoms with van der Waals surface area (Å²) in [4.78, 5) is 33.2. The number of hydrogen-bond acceptors (Lipinski definition) is 3. The minimum absolute atomic E-state index is 0.0880. The van der Waals surface area contributed by atoms with Gasteiger partial charge in [-0.2, -0.15) is 4.99 Å². The molecule has 1 aliphatic rings. The lowest BCUT2D eigenvalue weighted by Gasteiger charge is -2.18. The first kappa shape index (κ1) is 21.4. The number of aliphatic imine (C=N–C) groups is 2. The van der Waals surface area contributed by atoms with E-state index in [0.717, 1.165) is 0 Å². The van der Waals surface area contributed by atoms with Crippen LogP contribution in [0.1, 0.15) is 52.5 Å². The molecule has 2 N–H and O–H groups in total. The van der Waals surface area contributed by atoms with Gasteiger partial charge in [0.1, 0.15) is 5.84 Å². The molecular weight excluding hydrogens is 387 g/mol. The SMILES string of the molecule is CC(C)N=C(/N=C1/NC(=O)CC1c1cccc(Cl)c1Cl)NC(=O)C(C)(C)C. The second kappa shape index (κ2) is 8.40. The number of nitrogens with one attached hydrogen (secondary N) is 2. The molecule has 1 saturated heterocycles. The molecule has 6 nitrogen and oxygen atoms in total. The van der Waals surface area contributed by atoms with E-state index in [-0.39, 0.29) is 36.2 Å². The number of amides is 2. The molecule has 1 aliphatic heterocycles. The van der Waals surface area contributed by atoms with Crippen LogP contribution in [0.15, 0.2) is 28.2 Å². The lowest BCUT2D eigenvalue weighted by Crippen LogP contribution is -2.39. The number of nitrogens with zero attached hydrogens (tertiary/aromatic N) is 2. The van der Waals surface area contributed by atoms with Gasteiger partial charge in [0.15, 0.2) is 0 Å². The van der Waals surface area contributed by atoms with Gasteiger partial charge in [-0.05, 0) is 25.5 Å². The highest BCUT2D eigenvalue weighted by atomic mass is 35.5. The third kappa shape index (κ3) is 5.53. The Kier molecular flexibility index (Phi) is 6.65. The van der Waals surface area contributed by atoms with Gasteiger partial charge in [0.25, 0.3) is 0 Å². The van der Waals surface area contributed by atoms with E-state index in [1.54, 1.807) is 32.9 Å². The zero-order valence-electron chi connectivity index (χ0n) is 16.1. The summed E-state index contributed by atoms with van der Waals surface area (Å²) >= 11 is 12.4. The summed E-state index contributed by atoms with van der Waals surface area (Å²) in [6, 6.07) is 5.18. The minimum atomic E-state index is -0.605. The van der Waals surface area contributed by atoms with Gasteiger partial charge < -0.3 is 5.32 Å². The lowest BCUT2D eigenvalue weighted by molar-refractivity contribution is -0.127. The van der Waals surface area contributed by atoms with E-state index < -0.39 is 5.41 Å². The number of carbonyl (C=O) groups excluding carboxylic acids is 2. The Labute approximate surface area is 169 Å². The van der Waals surface area contributed by atoms with Gasteiger partial charge in [-0.1, -0.05) is 56.1 Å². The summed E-state index contributed by atoms with van der Waals surface area (Å²) in [6.07, 6.45) is 0.196. The van der Waals surface area contributed by atoms with Gasteiger partial charge in [-0.25, -0.2) is 4.99 Å². The van der Waals surface area contributed by atoms with E-state index in [9.17, 15) is 9.59 Å². The van der Waals surface area contributed by atoms with Crippen molar-refractivity contribution in [1.29, 1.82) is 0 Å². The van der Waals surface area contributed by atoms with Crippen LogP contribution in [0.4, 0.5) is 0 Å². The number of benzene rings is 1. The summed E-state index contributed by atoms with van der Waals surface area (Å²) in [6.45, 7) is 9.15. The number of carbonyl (C=O) groups is 2. The predicted molar refractivity (Wildman–Crippen MR) is 110 cm³/mol. The topological polar surface area (TPSA) is 82.9 Å². The standard InChI is InChI=1S/C19H24Cl2N4O2/c1-10(2)22-18(25-17(27)19(3,4)5)24-16-12(9-14(26)23-16)11-7-6-8-13(20)15(11)21/h6-8,10,12H,9H2,1-5H3,(H2,22,23,24,25,26,27). The van der Waals surface area contributed by atoms with Crippen LogP contribution in [-0.2, 0) is 9.59 Å². The van der Waals surface area contributed by atoms with Crippen molar-refractivity contribution in [3.8, 4) is 0 Å². The average molecular weight is 411 g/mol. The zero-order valence-corrected chi connectivity index (χ0v) is 17.6. The molecule has 0 radical (unpaired) electrons. The minimum Gasteiger partial charge on any atom is -0.314 e. The Bertz CT molecular complexity index is 810. The van der Waals surface area contributed by atoms with Crippen molar-refractivity contribution in [1.82, 2.24) is 10.6 Å². The van der Waals surface area contributed by atoms with E-state index in [1.165, 1.54) is 0 Å². The fraction of sp³-hybridized carbons (Fsp3) is 0.474. The second-order valence-electron chi connectivity index (χ2n) is 7.70. The fourth-order valence-electron chi connectivity index (χ4n) is 2.45. The summed E-state index contributed by atoms with van der Waals surface area (Å²) < 4.78 is 0. The van der Waals surface area contributed by atoms with Crippen LogP contribution in [0.5, 0.6) is 0 Å². The molecule has 2 rings (SSSR count). The Morgan fingerprint density at radius 2 is 1.96 bits per heavy atom. The number of amidine groups is 1. The van der Waals surface area contributed by atoms with Crippen molar-refractivity contribution in [2.75, 3.05) is 0 Å². The number of rotatable bonds is 2. The molecule has 2 amide bonds.